The van der Waals surface area contributed by atoms with E-state index in [9.17, 15) is 14.4 Å². The molecule has 0 unspecified atom stereocenters. The van der Waals surface area contributed by atoms with Crippen molar-refractivity contribution >= 4 is 58.2 Å². The monoisotopic (exact) mass is 601 g/mol. The molecule has 40 heavy (non-hydrogen) atoms. The average Bonchev–Trinajstić information content (AvgIpc) is 3.49. The second kappa shape index (κ2) is 10.4. The average molecular weight is 603 g/mol. The van der Waals surface area contributed by atoms with Crippen molar-refractivity contribution < 1.29 is 19.1 Å². The quantitative estimate of drug-likeness (QED) is 0.411. The van der Waals surface area contributed by atoms with Crippen molar-refractivity contribution in [3.8, 4) is 0 Å². The number of carbonyl (C=O) groups excluding carboxylic acids is 3. The third-order valence-corrected chi connectivity index (χ3v) is 9.72. The summed E-state index contributed by atoms with van der Waals surface area (Å²) in [5.41, 5.74) is -1.04. The number of hydrogen-bond donors (Lipinski definition) is 2. The Labute approximate surface area is 248 Å². The number of nitrogens with one attached hydrogen (secondary N) is 2. The van der Waals surface area contributed by atoms with Crippen LogP contribution in [0.1, 0.15) is 44.6 Å². The first-order valence-electron chi connectivity index (χ1n) is 13.6. The highest BCUT2D eigenvalue weighted by molar-refractivity contribution is 6.42. The highest BCUT2D eigenvalue weighted by Gasteiger charge is 2.76. The van der Waals surface area contributed by atoms with Crippen LogP contribution >= 0.6 is 34.8 Å². The molecule has 7 nitrogen and oxygen atoms in total. The van der Waals surface area contributed by atoms with Gasteiger partial charge in [-0.1, -0.05) is 78.4 Å². The summed E-state index contributed by atoms with van der Waals surface area (Å²) in [6.45, 7) is 1.98. The minimum Gasteiger partial charge on any atom is -0.356 e. The lowest BCUT2D eigenvalue weighted by Crippen LogP contribution is -2.56. The van der Waals surface area contributed by atoms with Crippen molar-refractivity contribution in [3.05, 3.63) is 75.2 Å². The third kappa shape index (κ3) is 4.61. The summed E-state index contributed by atoms with van der Waals surface area (Å²) < 4.78 is 6.60. The zero-order chi connectivity index (χ0) is 28.2. The molecule has 1 saturated carbocycles. The predicted molar refractivity (Wildman–Crippen MR) is 154 cm³/mol. The minimum atomic E-state index is -1.27. The molecule has 10 heteroatoms. The summed E-state index contributed by atoms with van der Waals surface area (Å²) in [6, 6.07) is 11.1. The molecule has 6 rings (SSSR count). The van der Waals surface area contributed by atoms with Crippen LogP contribution in [0.2, 0.25) is 15.1 Å². The summed E-state index contributed by atoms with van der Waals surface area (Å²) in [5, 5.41) is 7.35. The molecule has 2 N–H and O–H groups in total. The minimum absolute atomic E-state index is 0.0519. The Kier molecular flexibility index (Phi) is 7.14. The van der Waals surface area contributed by atoms with Gasteiger partial charge >= 0.3 is 0 Å². The Balaban J connectivity index is 1.35. The van der Waals surface area contributed by atoms with Crippen LogP contribution in [0, 0.1) is 11.8 Å². The van der Waals surface area contributed by atoms with Crippen LogP contribution in [-0.2, 0) is 25.7 Å². The van der Waals surface area contributed by atoms with Gasteiger partial charge in [-0.05, 0) is 55.7 Å². The third-order valence-electron chi connectivity index (χ3n) is 8.73. The Bertz CT molecular complexity index is 1390. The number of benzene rings is 2. The molecule has 2 saturated heterocycles. The van der Waals surface area contributed by atoms with E-state index in [1.807, 2.05) is 24.3 Å². The van der Waals surface area contributed by atoms with Crippen LogP contribution in [0.5, 0.6) is 0 Å². The number of hydrogen-bond acceptors (Lipinski definition) is 4. The van der Waals surface area contributed by atoms with Gasteiger partial charge in [0, 0.05) is 23.3 Å². The Morgan fingerprint density at radius 3 is 2.40 bits per heavy atom. The highest BCUT2D eigenvalue weighted by Crippen LogP contribution is 2.60. The first kappa shape index (κ1) is 27.6. The largest absolute Gasteiger partial charge is 0.356 e. The van der Waals surface area contributed by atoms with Crippen LogP contribution in [0.15, 0.2) is 54.6 Å². The van der Waals surface area contributed by atoms with E-state index < -0.39 is 29.1 Å². The Morgan fingerprint density at radius 1 is 0.975 bits per heavy atom. The molecule has 210 valence electrons. The topological polar surface area (TPSA) is 87.7 Å². The van der Waals surface area contributed by atoms with E-state index >= 15 is 0 Å². The van der Waals surface area contributed by atoms with E-state index in [0.717, 1.165) is 37.7 Å². The normalized spacial score (nSPS) is 30.9. The molecule has 4 aliphatic rings. The van der Waals surface area contributed by atoms with Crippen molar-refractivity contribution in [3.63, 3.8) is 0 Å². The zero-order valence-electron chi connectivity index (χ0n) is 22.0. The van der Waals surface area contributed by atoms with Gasteiger partial charge in [0.2, 0.25) is 17.7 Å². The molecular weight excluding hydrogens is 573 g/mol. The molecule has 3 aliphatic heterocycles. The second-order valence-electron chi connectivity index (χ2n) is 11.4. The van der Waals surface area contributed by atoms with Crippen molar-refractivity contribution in [2.24, 2.45) is 11.8 Å². The smallest absolute Gasteiger partial charge is 0.246 e. The molecule has 3 fully saturated rings. The lowest BCUT2D eigenvalue weighted by atomic mass is 9.70. The van der Waals surface area contributed by atoms with Crippen LogP contribution in [-0.4, -0.2) is 45.9 Å². The standard InChI is InChI=1S/C30H30Cl3N3O4/c1-29-13-14-30(40-29)24(23(29)26(37)35-20-11-12-21(32)22(33)15-20)28(39)36(16-17-7-9-18(31)10-8-17)25(30)27(38)34-19-5-3-2-4-6-19/h7-15,19,23-25H,2-6,16H2,1H3,(H,34,38)(H,35,37)/t23-,24+,25-,29+,30+/m1/s1. The number of fused-ring (bicyclic) bond motifs is 1. The van der Waals surface area contributed by atoms with Gasteiger partial charge in [-0.15, -0.1) is 0 Å². The van der Waals surface area contributed by atoms with Gasteiger partial charge in [-0.2, -0.15) is 0 Å². The molecule has 3 amide bonds. The van der Waals surface area contributed by atoms with Crippen molar-refractivity contribution in [2.75, 3.05) is 5.32 Å². The summed E-state index contributed by atoms with van der Waals surface area (Å²) in [5.74, 6) is -2.66. The maximum Gasteiger partial charge on any atom is 0.246 e. The number of halogens is 3. The van der Waals surface area contributed by atoms with Crippen LogP contribution in [0.25, 0.3) is 0 Å². The van der Waals surface area contributed by atoms with Gasteiger partial charge in [0.05, 0.1) is 27.5 Å². The van der Waals surface area contributed by atoms with E-state index in [0.29, 0.717) is 20.8 Å². The van der Waals surface area contributed by atoms with E-state index in [-0.39, 0.29) is 30.3 Å². The maximum absolute atomic E-state index is 14.2. The Morgan fingerprint density at radius 2 is 1.70 bits per heavy atom. The summed E-state index contributed by atoms with van der Waals surface area (Å²) in [7, 11) is 0. The molecule has 5 atom stereocenters. The summed E-state index contributed by atoms with van der Waals surface area (Å²) in [6.07, 6.45) is 8.73. The SMILES string of the molecule is C[C@@]12C=C[C@]3(O1)[C@H](C(=O)N(Cc1ccc(Cl)cc1)[C@@H]3C(=O)NC1CCCCC1)[C@@H]2C(=O)Nc1ccc(Cl)c(Cl)c1. The first-order valence-corrected chi connectivity index (χ1v) is 14.8. The molecule has 2 aromatic rings. The number of rotatable bonds is 6. The van der Waals surface area contributed by atoms with Crippen LogP contribution in [0.3, 0.4) is 0 Å². The van der Waals surface area contributed by atoms with Crippen LogP contribution < -0.4 is 10.6 Å². The number of amides is 3. The number of likely N-dealkylation sites (tertiary alicyclic amines) is 1. The fraction of sp³-hybridized carbons (Fsp3) is 0.433. The van der Waals surface area contributed by atoms with E-state index in [1.165, 1.54) is 0 Å². The molecule has 1 aliphatic carbocycles. The molecular formula is C30H30Cl3N3O4. The fourth-order valence-corrected chi connectivity index (χ4v) is 7.33. The van der Waals surface area contributed by atoms with E-state index in [1.54, 1.807) is 42.2 Å². The van der Waals surface area contributed by atoms with Crippen molar-refractivity contribution in [2.45, 2.75) is 68.9 Å². The lowest BCUT2D eigenvalue weighted by Gasteiger charge is -2.34. The van der Waals surface area contributed by atoms with Gasteiger partial charge in [0.1, 0.15) is 11.6 Å². The summed E-state index contributed by atoms with van der Waals surface area (Å²) >= 11 is 18.3. The van der Waals surface area contributed by atoms with Gasteiger partial charge in [-0.3, -0.25) is 14.4 Å². The predicted octanol–water partition coefficient (Wildman–Crippen LogP) is 5.78. The fourth-order valence-electron chi connectivity index (χ4n) is 6.91. The molecule has 2 bridgehead atoms. The van der Waals surface area contributed by atoms with Crippen molar-refractivity contribution in [1.29, 1.82) is 0 Å². The maximum atomic E-state index is 14.2. The molecule has 1 spiro atoms. The molecule has 0 aromatic heterocycles. The van der Waals surface area contributed by atoms with Gasteiger partial charge in [0.25, 0.3) is 0 Å². The zero-order valence-corrected chi connectivity index (χ0v) is 24.2. The number of anilines is 1. The van der Waals surface area contributed by atoms with Gasteiger partial charge < -0.3 is 20.3 Å². The highest BCUT2D eigenvalue weighted by atomic mass is 35.5. The van der Waals surface area contributed by atoms with Gasteiger partial charge in [-0.25, -0.2) is 0 Å². The van der Waals surface area contributed by atoms with E-state index in [4.69, 9.17) is 39.5 Å². The Hall–Kier alpha value is -2.58. The summed E-state index contributed by atoms with van der Waals surface area (Å²) in [4.78, 5) is 43.6. The van der Waals surface area contributed by atoms with E-state index in [2.05, 4.69) is 10.6 Å². The second-order valence-corrected chi connectivity index (χ2v) is 12.6. The number of ether oxygens (including phenoxy) is 1. The van der Waals surface area contributed by atoms with Crippen molar-refractivity contribution in [1.82, 2.24) is 10.2 Å². The molecule has 0 radical (unpaired) electrons. The lowest BCUT2D eigenvalue weighted by molar-refractivity contribution is -0.145. The molecule has 3 heterocycles. The number of nitrogens with zero attached hydrogens (tertiary/aromatic N) is 1. The number of carbonyl (C=O) groups is 3. The molecule has 2 aromatic carbocycles. The first-order chi connectivity index (χ1) is 19.1. The van der Waals surface area contributed by atoms with Gasteiger partial charge in [0.15, 0.2) is 0 Å². The van der Waals surface area contributed by atoms with Crippen LogP contribution in [0.4, 0.5) is 5.69 Å².